The van der Waals surface area contributed by atoms with Gasteiger partial charge in [0.15, 0.2) is 11.6 Å². The van der Waals surface area contributed by atoms with E-state index in [2.05, 4.69) is 5.32 Å². The van der Waals surface area contributed by atoms with E-state index in [0.29, 0.717) is 6.54 Å². The highest BCUT2D eigenvalue weighted by molar-refractivity contribution is 6.03. The Morgan fingerprint density at radius 1 is 1.25 bits per heavy atom. The highest BCUT2D eigenvalue weighted by Crippen LogP contribution is 2.13. The fraction of sp³-hybridized carbons (Fsp3) is 0.429. The van der Waals surface area contributed by atoms with Crippen LogP contribution in [0.1, 0.15) is 26.2 Å². The van der Waals surface area contributed by atoms with E-state index in [-0.39, 0.29) is 18.0 Å². The van der Waals surface area contributed by atoms with Gasteiger partial charge in [0.25, 0.3) is 0 Å². The van der Waals surface area contributed by atoms with Gasteiger partial charge >= 0.3 is 0 Å². The number of carbonyl (C=O) groups excluding carboxylic acids is 2. The van der Waals surface area contributed by atoms with Crippen molar-refractivity contribution in [3.05, 3.63) is 29.8 Å². The third-order valence-electron chi connectivity index (χ3n) is 2.79. The van der Waals surface area contributed by atoms with Crippen molar-refractivity contribution in [3.8, 4) is 0 Å². The molecule has 20 heavy (non-hydrogen) atoms. The van der Waals surface area contributed by atoms with Gasteiger partial charge in [-0.25, -0.2) is 8.78 Å². The molecule has 0 saturated carbocycles. The molecule has 0 atom stereocenters. The SMILES string of the molecule is CCCCN(C)C(=O)CC(=O)Nc1ccc(F)c(F)c1. The molecule has 0 aliphatic heterocycles. The van der Waals surface area contributed by atoms with Crippen LogP contribution < -0.4 is 5.32 Å². The lowest BCUT2D eigenvalue weighted by molar-refractivity contribution is -0.133. The molecule has 2 amide bonds. The van der Waals surface area contributed by atoms with Gasteiger partial charge in [0, 0.05) is 25.3 Å². The van der Waals surface area contributed by atoms with Gasteiger partial charge in [-0.3, -0.25) is 9.59 Å². The smallest absolute Gasteiger partial charge is 0.233 e. The number of nitrogens with zero attached hydrogens (tertiary/aromatic N) is 1. The molecule has 1 aromatic rings. The topological polar surface area (TPSA) is 49.4 Å². The normalized spacial score (nSPS) is 10.2. The Hall–Kier alpha value is -1.98. The number of nitrogens with one attached hydrogen (secondary N) is 1. The van der Waals surface area contributed by atoms with E-state index < -0.39 is 17.5 Å². The maximum Gasteiger partial charge on any atom is 0.233 e. The zero-order valence-electron chi connectivity index (χ0n) is 11.6. The van der Waals surface area contributed by atoms with Crippen molar-refractivity contribution in [2.75, 3.05) is 18.9 Å². The summed E-state index contributed by atoms with van der Waals surface area (Å²) in [5, 5.41) is 2.36. The van der Waals surface area contributed by atoms with Gasteiger partial charge in [-0.1, -0.05) is 13.3 Å². The number of rotatable bonds is 6. The lowest BCUT2D eigenvalue weighted by atomic mass is 10.2. The second kappa shape index (κ2) is 7.57. The van der Waals surface area contributed by atoms with E-state index in [1.165, 1.54) is 11.0 Å². The lowest BCUT2D eigenvalue weighted by Crippen LogP contribution is -2.31. The highest BCUT2D eigenvalue weighted by atomic mass is 19.2. The number of hydrogen-bond donors (Lipinski definition) is 1. The van der Waals surface area contributed by atoms with Crippen molar-refractivity contribution in [1.29, 1.82) is 0 Å². The Kier molecular flexibility index (Phi) is 6.09. The molecule has 0 spiro atoms. The van der Waals surface area contributed by atoms with E-state index >= 15 is 0 Å². The summed E-state index contributed by atoms with van der Waals surface area (Å²) < 4.78 is 25.7. The van der Waals surface area contributed by atoms with E-state index in [1.807, 2.05) is 6.92 Å². The predicted molar refractivity (Wildman–Crippen MR) is 72.1 cm³/mol. The van der Waals surface area contributed by atoms with Crippen molar-refractivity contribution >= 4 is 17.5 Å². The summed E-state index contributed by atoms with van der Waals surface area (Å²) in [6.45, 7) is 2.60. The number of unbranched alkanes of at least 4 members (excludes halogenated alkanes) is 1. The van der Waals surface area contributed by atoms with Crippen LogP contribution in [0.15, 0.2) is 18.2 Å². The molecule has 0 aromatic heterocycles. The van der Waals surface area contributed by atoms with Crippen LogP contribution >= 0.6 is 0 Å². The van der Waals surface area contributed by atoms with Gasteiger partial charge in [0.05, 0.1) is 0 Å². The second-order valence-electron chi connectivity index (χ2n) is 4.52. The van der Waals surface area contributed by atoms with Crippen molar-refractivity contribution in [2.45, 2.75) is 26.2 Å². The molecule has 4 nitrogen and oxygen atoms in total. The van der Waals surface area contributed by atoms with Gasteiger partial charge in [-0.15, -0.1) is 0 Å². The first-order chi connectivity index (χ1) is 9.43. The van der Waals surface area contributed by atoms with Crippen LogP contribution in [-0.2, 0) is 9.59 Å². The summed E-state index contributed by atoms with van der Waals surface area (Å²) in [5.41, 5.74) is 0.123. The van der Waals surface area contributed by atoms with Gasteiger partial charge in [-0.2, -0.15) is 0 Å². The van der Waals surface area contributed by atoms with Crippen LogP contribution in [0.4, 0.5) is 14.5 Å². The summed E-state index contributed by atoms with van der Waals surface area (Å²) in [5.74, 6) is -2.89. The van der Waals surface area contributed by atoms with Crippen LogP contribution in [0.2, 0.25) is 0 Å². The van der Waals surface area contributed by atoms with E-state index in [0.717, 1.165) is 25.0 Å². The Balaban J connectivity index is 2.50. The highest BCUT2D eigenvalue weighted by Gasteiger charge is 2.14. The number of carbonyl (C=O) groups is 2. The summed E-state index contributed by atoms with van der Waals surface area (Å²) in [6, 6.07) is 3.03. The minimum absolute atomic E-state index is 0.123. The first-order valence-electron chi connectivity index (χ1n) is 6.43. The first-order valence-corrected chi connectivity index (χ1v) is 6.43. The Labute approximate surface area is 116 Å². The van der Waals surface area contributed by atoms with Gasteiger partial charge < -0.3 is 10.2 Å². The molecule has 1 rings (SSSR count). The Bertz CT molecular complexity index is 492. The fourth-order valence-electron chi connectivity index (χ4n) is 1.57. The van der Waals surface area contributed by atoms with E-state index in [9.17, 15) is 18.4 Å². The van der Waals surface area contributed by atoms with Crippen LogP contribution in [0, 0.1) is 11.6 Å². The number of halogens is 2. The average Bonchev–Trinajstić information content (AvgIpc) is 2.40. The lowest BCUT2D eigenvalue weighted by Gasteiger charge is -2.16. The Morgan fingerprint density at radius 3 is 2.55 bits per heavy atom. The van der Waals surface area contributed by atoms with Crippen LogP contribution in [0.25, 0.3) is 0 Å². The summed E-state index contributed by atoms with van der Waals surface area (Å²) in [7, 11) is 1.63. The third kappa shape index (κ3) is 4.95. The molecule has 0 aliphatic carbocycles. The molecule has 1 aromatic carbocycles. The molecule has 0 bridgehead atoms. The standard InChI is InChI=1S/C14H18F2N2O2/c1-3-4-7-18(2)14(20)9-13(19)17-10-5-6-11(15)12(16)8-10/h5-6,8H,3-4,7,9H2,1-2H3,(H,17,19). The van der Waals surface area contributed by atoms with E-state index in [4.69, 9.17) is 0 Å². The first kappa shape index (κ1) is 16.1. The van der Waals surface area contributed by atoms with Gasteiger partial charge in [-0.05, 0) is 18.6 Å². The monoisotopic (exact) mass is 284 g/mol. The Morgan fingerprint density at radius 2 is 1.95 bits per heavy atom. The predicted octanol–water partition coefficient (Wildman–Crippen LogP) is 2.55. The molecule has 0 radical (unpaired) electrons. The molecule has 6 heteroatoms. The van der Waals surface area contributed by atoms with Gasteiger partial charge in [0.1, 0.15) is 6.42 Å². The zero-order chi connectivity index (χ0) is 15.1. The maximum atomic E-state index is 13.0. The molecule has 0 heterocycles. The number of benzene rings is 1. The fourth-order valence-corrected chi connectivity index (χ4v) is 1.57. The number of amides is 2. The molecular formula is C14H18F2N2O2. The summed E-state index contributed by atoms with van der Waals surface area (Å²) >= 11 is 0. The minimum atomic E-state index is -1.05. The van der Waals surface area contributed by atoms with Crippen molar-refractivity contribution < 1.29 is 18.4 Å². The summed E-state index contributed by atoms with van der Waals surface area (Å²) in [6.07, 6.45) is 1.50. The molecular weight excluding hydrogens is 266 g/mol. The summed E-state index contributed by atoms with van der Waals surface area (Å²) in [4.78, 5) is 24.8. The molecule has 0 unspecified atom stereocenters. The third-order valence-corrected chi connectivity index (χ3v) is 2.79. The average molecular weight is 284 g/mol. The quantitative estimate of drug-likeness (QED) is 0.816. The van der Waals surface area contributed by atoms with Crippen LogP contribution in [-0.4, -0.2) is 30.3 Å². The van der Waals surface area contributed by atoms with Crippen LogP contribution in [0.5, 0.6) is 0 Å². The van der Waals surface area contributed by atoms with Crippen molar-refractivity contribution in [3.63, 3.8) is 0 Å². The molecule has 1 N–H and O–H groups in total. The molecule has 0 saturated heterocycles. The molecule has 0 aliphatic rings. The van der Waals surface area contributed by atoms with E-state index in [1.54, 1.807) is 7.05 Å². The largest absolute Gasteiger partial charge is 0.345 e. The number of hydrogen-bond acceptors (Lipinski definition) is 2. The van der Waals surface area contributed by atoms with Crippen molar-refractivity contribution in [2.24, 2.45) is 0 Å². The molecule has 0 fully saturated rings. The second-order valence-corrected chi connectivity index (χ2v) is 4.52. The number of anilines is 1. The van der Waals surface area contributed by atoms with Gasteiger partial charge in [0.2, 0.25) is 11.8 Å². The maximum absolute atomic E-state index is 13.0. The minimum Gasteiger partial charge on any atom is -0.345 e. The zero-order valence-corrected chi connectivity index (χ0v) is 11.6. The van der Waals surface area contributed by atoms with Crippen LogP contribution in [0.3, 0.4) is 0 Å². The molecule has 110 valence electrons. The van der Waals surface area contributed by atoms with Crippen molar-refractivity contribution in [1.82, 2.24) is 4.90 Å².